The van der Waals surface area contributed by atoms with Gasteiger partial charge < -0.3 is 25.4 Å². The van der Waals surface area contributed by atoms with Gasteiger partial charge in [0, 0.05) is 5.70 Å². The number of hydrogen-bond donors (Lipinski definition) is 3. The van der Waals surface area contributed by atoms with Gasteiger partial charge in [-0.15, -0.1) is 0 Å². The average molecular weight is 409 g/mol. The van der Waals surface area contributed by atoms with Crippen LogP contribution in [0.3, 0.4) is 0 Å². The molecule has 158 valence electrons. The molecule has 0 bridgehead atoms. The number of benzene rings is 2. The van der Waals surface area contributed by atoms with Crippen molar-refractivity contribution >= 4 is 17.6 Å². The van der Waals surface area contributed by atoms with E-state index in [1.165, 1.54) is 0 Å². The van der Waals surface area contributed by atoms with Crippen molar-refractivity contribution in [3.05, 3.63) is 66.4 Å². The highest BCUT2D eigenvalue weighted by Gasteiger charge is 2.38. The van der Waals surface area contributed by atoms with Crippen molar-refractivity contribution in [1.29, 1.82) is 0 Å². The monoisotopic (exact) mass is 409 g/mol. The van der Waals surface area contributed by atoms with E-state index in [-0.39, 0.29) is 5.91 Å². The Morgan fingerprint density at radius 3 is 2.60 bits per heavy atom. The second kappa shape index (κ2) is 9.82. The summed E-state index contributed by atoms with van der Waals surface area (Å²) in [6, 6.07) is 13.6. The molecule has 1 aliphatic rings. The molecule has 0 radical (unpaired) electrons. The second-order valence-electron chi connectivity index (χ2n) is 7.04. The highest BCUT2D eigenvalue weighted by atomic mass is 16.5. The van der Waals surface area contributed by atoms with Crippen LogP contribution < -0.4 is 25.4 Å². The van der Waals surface area contributed by atoms with Gasteiger partial charge in [0.15, 0.2) is 0 Å². The van der Waals surface area contributed by atoms with Crippen molar-refractivity contribution in [1.82, 2.24) is 10.6 Å². The molecule has 1 aliphatic heterocycles. The predicted octanol–water partition coefficient (Wildman–Crippen LogP) is 4.00. The molecule has 2 atom stereocenters. The van der Waals surface area contributed by atoms with Crippen molar-refractivity contribution in [3.63, 3.8) is 0 Å². The molecule has 2 aromatic rings. The van der Waals surface area contributed by atoms with E-state index in [0.29, 0.717) is 23.7 Å². The quantitative estimate of drug-likeness (QED) is 0.575. The third-order valence-electron chi connectivity index (χ3n) is 4.92. The summed E-state index contributed by atoms with van der Waals surface area (Å²) in [5, 5.41) is 8.33. The van der Waals surface area contributed by atoms with Gasteiger partial charge in [0.2, 0.25) is 5.91 Å². The molecule has 0 aliphatic carbocycles. The standard InChI is InChI=1S/C23H27N3O4/c1-4-5-14-30-17-12-10-16(11-13-17)21-20(15(2)24-23(28)26-21)22(27)25-18-8-6-7-9-19(18)29-3/h6-13,20-21H,2,4-5,14H2,1,3H3,(H,25,27)(H2,24,26,28)/t20-,21+/m1/s1. The summed E-state index contributed by atoms with van der Waals surface area (Å²) >= 11 is 0. The largest absolute Gasteiger partial charge is 0.495 e. The molecule has 7 heteroatoms. The molecule has 3 N–H and O–H groups in total. The molecule has 3 rings (SSSR count). The van der Waals surface area contributed by atoms with Crippen LogP contribution in [0.2, 0.25) is 0 Å². The Bertz CT molecular complexity index is 911. The molecule has 1 fully saturated rings. The zero-order valence-electron chi connectivity index (χ0n) is 17.2. The minimum atomic E-state index is -0.709. The van der Waals surface area contributed by atoms with Crippen molar-refractivity contribution in [2.75, 3.05) is 19.0 Å². The number of methoxy groups -OCH3 is 1. The van der Waals surface area contributed by atoms with Crippen LogP contribution in [0, 0.1) is 5.92 Å². The topological polar surface area (TPSA) is 88.7 Å². The fraction of sp³-hybridized carbons (Fsp3) is 0.304. The summed E-state index contributed by atoms with van der Waals surface area (Å²) in [5.74, 6) is 0.292. The summed E-state index contributed by atoms with van der Waals surface area (Å²) in [5.41, 5.74) is 1.67. The molecule has 7 nitrogen and oxygen atoms in total. The number of carbonyl (C=O) groups excluding carboxylic acids is 2. The van der Waals surface area contributed by atoms with Gasteiger partial charge in [-0.05, 0) is 36.2 Å². The maximum atomic E-state index is 13.1. The Labute approximate surface area is 176 Å². The Morgan fingerprint density at radius 1 is 1.17 bits per heavy atom. The normalized spacial score (nSPS) is 18.2. The fourth-order valence-corrected chi connectivity index (χ4v) is 3.33. The number of ether oxygens (including phenoxy) is 2. The number of carbonyl (C=O) groups is 2. The van der Waals surface area contributed by atoms with E-state index in [1.807, 2.05) is 36.4 Å². The minimum absolute atomic E-state index is 0.301. The first-order valence-corrected chi connectivity index (χ1v) is 9.96. The van der Waals surface area contributed by atoms with Crippen LogP contribution in [-0.4, -0.2) is 25.7 Å². The van der Waals surface area contributed by atoms with Gasteiger partial charge in [-0.1, -0.05) is 44.2 Å². The summed E-state index contributed by atoms with van der Waals surface area (Å²) < 4.78 is 11.0. The van der Waals surface area contributed by atoms with Crippen LogP contribution in [0.4, 0.5) is 10.5 Å². The van der Waals surface area contributed by atoms with Crippen LogP contribution in [0.1, 0.15) is 31.4 Å². The number of amides is 3. The lowest BCUT2D eigenvalue weighted by Gasteiger charge is -2.34. The van der Waals surface area contributed by atoms with E-state index in [1.54, 1.807) is 19.2 Å². The second-order valence-corrected chi connectivity index (χ2v) is 7.04. The number of urea groups is 1. The lowest BCUT2D eigenvalue weighted by molar-refractivity contribution is -0.119. The summed E-state index contributed by atoms with van der Waals surface area (Å²) in [4.78, 5) is 25.2. The molecule has 1 saturated heterocycles. The highest BCUT2D eigenvalue weighted by molar-refractivity contribution is 5.98. The molecule has 1 heterocycles. The van der Waals surface area contributed by atoms with E-state index in [4.69, 9.17) is 9.47 Å². The summed E-state index contributed by atoms with van der Waals surface area (Å²) in [6.45, 7) is 6.67. The Hall–Kier alpha value is -3.48. The summed E-state index contributed by atoms with van der Waals surface area (Å²) in [6.07, 6.45) is 2.04. The molecule has 3 amide bonds. The van der Waals surface area contributed by atoms with Crippen LogP contribution in [-0.2, 0) is 4.79 Å². The smallest absolute Gasteiger partial charge is 0.319 e. The lowest BCUT2D eigenvalue weighted by atomic mass is 9.88. The molecule has 0 aromatic heterocycles. The van der Waals surface area contributed by atoms with E-state index in [0.717, 1.165) is 24.2 Å². The van der Waals surface area contributed by atoms with Crippen LogP contribution in [0.25, 0.3) is 0 Å². The van der Waals surface area contributed by atoms with Crippen molar-refractivity contribution < 1.29 is 19.1 Å². The number of para-hydroxylation sites is 2. The van der Waals surface area contributed by atoms with Gasteiger partial charge in [-0.2, -0.15) is 0 Å². The number of anilines is 1. The Morgan fingerprint density at radius 2 is 1.90 bits per heavy atom. The number of nitrogens with one attached hydrogen (secondary N) is 3. The Balaban J connectivity index is 1.81. The molecule has 0 saturated carbocycles. The van der Waals surface area contributed by atoms with Gasteiger partial charge in [-0.25, -0.2) is 4.79 Å². The SMILES string of the molecule is C=C1NC(=O)N[C@@H](c2ccc(OCCCC)cc2)[C@@H]1C(=O)Nc1ccccc1OC. The minimum Gasteiger partial charge on any atom is -0.495 e. The maximum Gasteiger partial charge on any atom is 0.319 e. The van der Waals surface area contributed by atoms with Gasteiger partial charge in [-0.3, -0.25) is 4.79 Å². The molecular weight excluding hydrogens is 382 g/mol. The first-order chi connectivity index (χ1) is 14.5. The average Bonchev–Trinajstić information content (AvgIpc) is 2.74. The zero-order valence-corrected chi connectivity index (χ0v) is 17.2. The van der Waals surface area contributed by atoms with E-state index < -0.39 is 18.0 Å². The first kappa shape index (κ1) is 21.2. The van der Waals surface area contributed by atoms with E-state index >= 15 is 0 Å². The maximum absolute atomic E-state index is 13.1. The zero-order chi connectivity index (χ0) is 21.5. The van der Waals surface area contributed by atoms with Gasteiger partial charge in [0.1, 0.15) is 17.4 Å². The number of hydrogen-bond acceptors (Lipinski definition) is 4. The third kappa shape index (κ3) is 4.92. The van der Waals surface area contributed by atoms with Crippen molar-refractivity contribution in [2.45, 2.75) is 25.8 Å². The summed E-state index contributed by atoms with van der Waals surface area (Å²) in [7, 11) is 1.54. The lowest BCUT2D eigenvalue weighted by Crippen LogP contribution is -2.51. The van der Waals surface area contributed by atoms with Crippen molar-refractivity contribution in [3.8, 4) is 11.5 Å². The number of rotatable bonds is 8. The molecule has 2 aromatic carbocycles. The van der Waals surface area contributed by atoms with E-state index in [9.17, 15) is 9.59 Å². The van der Waals surface area contributed by atoms with Crippen LogP contribution in [0.15, 0.2) is 60.8 Å². The van der Waals surface area contributed by atoms with Crippen molar-refractivity contribution in [2.24, 2.45) is 5.92 Å². The highest BCUT2D eigenvalue weighted by Crippen LogP contribution is 2.32. The molecular formula is C23H27N3O4. The number of unbranched alkanes of at least 4 members (excludes halogenated alkanes) is 1. The van der Waals surface area contributed by atoms with Gasteiger partial charge >= 0.3 is 6.03 Å². The predicted molar refractivity (Wildman–Crippen MR) is 116 cm³/mol. The molecule has 0 unspecified atom stereocenters. The van der Waals surface area contributed by atoms with Gasteiger partial charge in [0.05, 0.1) is 25.4 Å². The fourth-order valence-electron chi connectivity index (χ4n) is 3.33. The Kier molecular flexibility index (Phi) is 6.95. The third-order valence-corrected chi connectivity index (χ3v) is 4.92. The van der Waals surface area contributed by atoms with Gasteiger partial charge in [0.25, 0.3) is 0 Å². The molecule has 0 spiro atoms. The van der Waals surface area contributed by atoms with Crippen LogP contribution in [0.5, 0.6) is 11.5 Å². The van der Waals surface area contributed by atoms with Crippen LogP contribution >= 0.6 is 0 Å². The first-order valence-electron chi connectivity index (χ1n) is 9.96. The van der Waals surface area contributed by atoms with E-state index in [2.05, 4.69) is 29.5 Å². The molecule has 30 heavy (non-hydrogen) atoms.